The van der Waals surface area contributed by atoms with Crippen molar-refractivity contribution in [2.45, 2.75) is 6.42 Å². The third kappa shape index (κ3) is 11.5. The Labute approximate surface area is 185 Å². The van der Waals surface area contributed by atoms with E-state index in [0.29, 0.717) is 64.0 Å². The van der Waals surface area contributed by atoms with Crippen molar-refractivity contribution < 1.29 is 28.3 Å². The second-order valence-electron chi connectivity index (χ2n) is 4.90. The van der Waals surface area contributed by atoms with Gasteiger partial charge in [-0.2, -0.15) is 0 Å². The molecule has 0 aliphatic heterocycles. The summed E-state index contributed by atoms with van der Waals surface area (Å²) in [5, 5.41) is 0. The van der Waals surface area contributed by atoms with Gasteiger partial charge in [0.25, 0.3) is 0 Å². The van der Waals surface area contributed by atoms with Gasteiger partial charge in [0, 0.05) is 12.2 Å². The van der Waals surface area contributed by atoms with Crippen LogP contribution in [0.5, 0.6) is 5.75 Å². The molecule has 1 unspecified atom stereocenters. The number of carbonyl (C=O) groups excluding carboxylic acids is 1. The average Bonchev–Trinajstić information content (AvgIpc) is 2.63. The highest BCUT2D eigenvalue weighted by Crippen LogP contribution is 2.34. The molecule has 0 bridgehead atoms. The van der Waals surface area contributed by atoms with Crippen LogP contribution in [0.15, 0.2) is 21.1 Å². The first-order chi connectivity index (χ1) is 12.7. The molecule has 0 aromatic heterocycles. The molecule has 6 nitrogen and oxygen atoms in total. The predicted molar refractivity (Wildman–Crippen MR) is 118 cm³/mol. The molecule has 0 saturated heterocycles. The maximum Gasteiger partial charge on any atom is 0.150 e. The summed E-state index contributed by atoms with van der Waals surface area (Å²) in [5.41, 5.74) is 0.572. The smallest absolute Gasteiger partial charge is 0.150 e. The van der Waals surface area contributed by atoms with Crippen LogP contribution in [0.25, 0.3) is 0 Å². The second kappa shape index (κ2) is 16.6. The zero-order valence-corrected chi connectivity index (χ0v) is 20.5. The first-order valence-electron chi connectivity index (χ1n) is 7.96. The molecule has 0 heterocycles. The van der Waals surface area contributed by atoms with Crippen LogP contribution in [0, 0.1) is 0 Å². The lowest BCUT2D eigenvalue weighted by atomic mass is 10.2. The zero-order chi connectivity index (χ0) is 19.0. The van der Waals surface area contributed by atoms with Crippen molar-refractivity contribution in [2.24, 2.45) is 0 Å². The highest BCUT2D eigenvalue weighted by atomic mass is 127. The molecule has 0 radical (unpaired) electrons. The molecule has 0 N–H and O–H groups in total. The standard InChI is InChI=1S/C16H22Br2IO6P/c17-14-10-13(12-20)11-15(18)16(14)24-9-8-23-7-6-22-5-4-21-2-1-3-25-26-19/h10-12,26H,1-9H2. The van der Waals surface area contributed by atoms with Gasteiger partial charge in [0.1, 0.15) is 18.6 Å². The van der Waals surface area contributed by atoms with Crippen molar-refractivity contribution in [3.05, 3.63) is 26.6 Å². The van der Waals surface area contributed by atoms with Gasteiger partial charge in [0.2, 0.25) is 0 Å². The molecule has 0 saturated carbocycles. The van der Waals surface area contributed by atoms with E-state index in [-0.39, 0.29) is 0 Å². The Kier molecular flexibility index (Phi) is 15.8. The Hall–Kier alpha value is 0.650. The molecule has 26 heavy (non-hydrogen) atoms. The Morgan fingerprint density at radius 1 is 0.885 bits per heavy atom. The fourth-order valence-corrected chi connectivity index (χ4v) is 4.13. The molecule has 1 aromatic rings. The van der Waals surface area contributed by atoms with Crippen molar-refractivity contribution in [2.75, 3.05) is 52.9 Å². The first kappa shape index (κ1) is 24.7. The predicted octanol–water partition coefficient (Wildman–Crippen LogP) is 4.80. The fourth-order valence-electron chi connectivity index (χ4n) is 1.80. The first-order valence-corrected chi connectivity index (χ1v) is 13.6. The molecular formula is C16H22Br2IO6P. The molecule has 1 aromatic carbocycles. The number of carbonyl (C=O) groups is 1. The van der Waals surface area contributed by atoms with Gasteiger partial charge in [0.05, 0.1) is 55.0 Å². The molecule has 0 aliphatic rings. The van der Waals surface area contributed by atoms with Crippen LogP contribution in [0.3, 0.4) is 0 Å². The van der Waals surface area contributed by atoms with Crippen LogP contribution in [0.4, 0.5) is 0 Å². The van der Waals surface area contributed by atoms with Gasteiger partial charge in [-0.1, -0.05) is 0 Å². The zero-order valence-electron chi connectivity index (χ0n) is 14.2. The molecule has 1 rings (SSSR count). The number of halogens is 3. The Morgan fingerprint density at radius 2 is 1.42 bits per heavy atom. The van der Waals surface area contributed by atoms with E-state index in [1.807, 2.05) is 0 Å². The van der Waals surface area contributed by atoms with E-state index in [1.54, 1.807) is 12.1 Å². The van der Waals surface area contributed by atoms with E-state index in [4.69, 9.17) is 23.5 Å². The Bertz CT molecular complexity index is 501. The van der Waals surface area contributed by atoms with Crippen LogP contribution in [0.1, 0.15) is 16.8 Å². The lowest BCUT2D eigenvalue weighted by Gasteiger charge is -2.11. The molecule has 10 heteroatoms. The van der Waals surface area contributed by atoms with Crippen molar-refractivity contribution in [1.82, 2.24) is 0 Å². The molecule has 1 atom stereocenters. The van der Waals surface area contributed by atoms with Crippen LogP contribution in [-0.4, -0.2) is 59.1 Å². The SMILES string of the molecule is O=Cc1cc(Br)c(OCCOCCOCCOCCCOPI)c(Br)c1. The summed E-state index contributed by atoms with van der Waals surface area (Å²) in [6.07, 6.45) is 1.69. The number of ether oxygens (including phenoxy) is 4. The summed E-state index contributed by atoms with van der Waals surface area (Å²) in [7, 11) is 0. The molecule has 0 amide bonds. The van der Waals surface area contributed by atoms with Gasteiger partial charge in [-0.15, -0.1) is 0 Å². The van der Waals surface area contributed by atoms with Gasteiger partial charge < -0.3 is 23.5 Å². The van der Waals surface area contributed by atoms with Gasteiger partial charge in [-0.25, -0.2) is 0 Å². The highest BCUT2D eigenvalue weighted by molar-refractivity contribution is 14.2. The van der Waals surface area contributed by atoms with Gasteiger partial charge in [0.15, 0.2) is 0 Å². The fraction of sp³-hybridized carbons (Fsp3) is 0.562. The minimum Gasteiger partial charge on any atom is -0.489 e. The summed E-state index contributed by atoms with van der Waals surface area (Å²) in [6, 6.07) is 3.42. The van der Waals surface area contributed by atoms with Crippen LogP contribution >= 0.6 is 60.4 Å². The topological polar surface area (TPSA) is 63.2 Å². The van der Waals surface area contributed by atoms with Crippen molar-refractivity contribution in [3.8, 4) is 5.75 Å². The van der Waals surface area contributed by atoms with E-state index in [1.165, 1.54) is 0 Å². The normalized spacial score (nSPS) is 11.3. The van der Waals surface area contributed by atoms with Gasteiger partial charge >= 0.3 is 0 Å². The summed E-state index contributed by atoms with van der Waals surface area (Å²) in [4.78, 5) is 10.8. The second-order valence-corrected chi connectivity index (χ2v) is 8.37. The van der Waals surface area contributed by atoms with Crippen LogP contribution in [0.2, 0.25) is 0 Å². The van der Waals surface area contributed by atoms with E-state index in [2.05, 4.69) is 53.9 Å². The molecule has 148 valence electrons. The number of hydrogen-bond donors (Lipinski definition) is 0. The van der Waals surface area contributed by atoms with Crippen molar-refractivity contribution in [1.29, 1.82) is 0 Å². The average molecular weight is 628 g/mol. The highest BCUT2D eigenvalue weighted by Gasteiger charge is 2.08. The third-order valence-corrected chi connectivity index (χ3v) is 5.39. The summed E-state index contributed by atoms with van der Waals surface area (Å²) >= 11 is 8.97. The quantitative estimate of drug-likeness (QED) is 0.114. The minimum atomic E-state index is 0.403. The van der Waals surface area contributed by atoms with Gasteiger partial charge in [-0.3, -0.25) is 4.79 Å². The summed E-state index contributed by atoms with van der Waals surface area (Å²) < 4.78 is 28.6. The molecule has 0 spiro atoms. The monoisotopic (exact) mass is 626 g/mol. The lowest BCUT2D eigenvalue weighted by molar-refractivity contribution is 0.00797. The van der Waals surface area contributed by atoms with Crippen LogP contribution in [-0.2, 0) is 18.7 Å². The van der Waals surface area contributed by atoms with E-state index in [0.717, 1.165) is 28.3 Å². The van der Waals surface area contributed by atoms with E-state index in [9.17, 15) is 4.79 Å². The minimum absolute atomic E-state index is 0.403. The number of hydrogen-bond acceptors (Lipinski definition) is 6. The Balaban J connectivity index is 1.96. The molecular weight excluding hydrogens is 606 g/mol. The maximum atomic E-state index is 10.8. The number of benzene rings is 1. The molecule has 0 fully saturated rings. The van der Waals surface area contributed by atoms with E-state index >= 15 is 0 Å². The van der Waals surface area contributed by atoms with Crippen molar-refractivity contribution in [3.63, 3.8) is 0 Å². The largest absolute Gasteiger partial charge is 0.489 e. The lowest BCUT2D eigenvalue weighted by Crippen LogP contribution is -2.13. The number of aldehydes is 1. The summed E-state index contributed by atoms with van der Waals surface area (Å²) in [6.45, 7) is 4.95. The molecule has 0 aliphatic carbocycles. The van der Waals surface area contributed by atoms with Crippen LogP contribution < -0.4 is 4.74 Å². The Morgan fingerprint density at radius 3 is 1.96 bits per heavy atom. The maximum absolute atomic E-state index is 10.8. The van der Waals surface area contributed by atoms with E-state index < -0.39 is 0 Å². The third-order valence-electron chi connectivity index (χ3n) is 2.96. The summed E-state index contributed by atoms with van der Waals surface area (Å²) in [5.74, 6) is 0.650. The van der Waals surface area contributed by atoms with Gasteiger partial charge in [-0.05, 0) is 72.5 Å². The van der Waals surface area contributed by atoms with Crippen molar-refractivity contribution >= 4 is 66.6 Å². The number of rotatable bonds is 16.